The summed E-state index contributed by atoms with van der Waals surface area (Å²) in [5, 5.41) is 7.37. The second-order valence-electron chi connectivity index (χ2n) is 4.60. The van der Waals surface area contributed by atoms with Crippen molar-refractivity contribution >= 4 is 11.5 Å². The fourth-order valence-electron chi connectivity index (χ4n) is 2.16. The zero-order valence-corrected chi connectivity index (χ0v) is 10.3. The lowest BCUT2D eigenvalue weighted by Gasteiger charge is -2.22. The van der Waals surface area contributed by atoms with Crippen LogP contribution in [0, 0.1) is 5.41 Å². The zero-order valence-electron chi connectivity index (χ0n) is 10.3. The fraction of sp³-hybridized carbons (Fsp3) is 0.462. The van der Waals surface area contributed by atoms with E-state index in [1.807, 2.05) is 12.1 Å². The number of rotatable bonds is 2. The molecule has 0 radical (unpaired) electrons. The van der Waals surface area contributed by atoms with Crippen LogP contribution >= 0.6 is 0 Å². The smallest absolute Gasteiger partial charge is 0.122 e. The highest BCUT2D eigenvalue weighted by Gasteiger charge is 2.12. The molecule has 17 heavy (non-hydrogen) atoms. The number of hydrogen-bond donors (Lipinski definition) is 2. The SMILES string of the molecule is CN1CCCN(c2ccc(C(=N)N)cc2)CC1. The highest BCUT2D eigenvalue weighted by atomic mass is 15.2. The summed E-state index contributed by atoms with van der Waals surface area (Å²) < 4.78 is 0. The van der Waals surface area contributed by atoms with Crippen molar-refractivity contribution in [1.29, 1.82) is 5.41 Å². The van der Waals surface area contributed by atoms with E-state index in [-0.39, 0.29) is 5.84 Å². The monoisotopic (exact) mass is 232 g/mol. The summed E-state index contributed by atoms with van der Waals surface area (Å²) in [6, 6.07) is 7.96. The lowest BCUT2D eigenvalue weighted by atomic mass is 10.2. The number of benzene rings is 1. The predicted octanol–water partition coefficient (Wildman–Crippen LogP) is 1.11. The first-order chi connectivity index (χ1) is 8.16. The molecule has 4 nitrogen and oxygen atoms in total. The summed E-state index contributed by atoms with van der Waals surface area (Å²) in [6.07, 6.45) is 1.20. The van der Waals surface area contributed by atoms with Gasteiger partial charge in [0, 0.05) is 30.9 Å². The van der Waals surface area contributed by atoms with Crippen LogP contribution < -0.4 is 10.6 Å². The molecular weight excluding hydrogens is 212 g/mol. The van der Waals surface area contributed by atoms with Crippen LogP contribution in [0.1, 0.15) is 12.0 Å². The average Bonchev–Trinajstić information content (AvgIpc) is 2.54. The Labute approximate surface area is 103 Å². The van der Waals surface area contributed by atoms with E-state index in [1.165, 1.54) is 18.7 Å². The molecule has 0 spiro atoms. The Kier molecular flexibility index (Phi) is 3.64. The van der Waals surface area contributed by atoms with Gasteiger partial charge in [0.1, 0.15) is 5.84 Å². The number of nitrogens with two attached hydrogens (primary N) is 1. The van der Waals surface area contributed by atoms with Gasteiger partial charge in [-0.2, -0.15) is 0 Å². The molecule has 1 aromatic rings. The van der Waals surface area contributed by atoms with Crippen molar-refractivity contribution in [3.05, 3.63) is 29.8 Å². The molecule has 92 valence electrons. The first-order valence-corrected chi connectivity index (χ1v) is 6.05. The molecular formula is C13H20N4. The average molecular weight is 232 g/mol. The van der Waals surface area contributed by atoms with Gasteiger partial charge in [0.25, 0.3) is 0 Å². The van der Waals surface area contributed by atoms with E-state index in [1.54, 1.807) is 0 Å². The minimum absolute atomic E-state index is 0.132. The van der Waals surface area contributed by atoms with Gasteiger partial charge in [0.15, 0.2) is 0 Å². The van der Waals surface area contributed by atoms with Crippen molar-refractivity contribution in [1.82, 2.24) is 4.90 Å². The van der Waals surface area contributed by atoms with E-state index < -0.39 is 0 Å². The maximum atomic E-state index is 7.37. The normalized spacial score (nSPS) is 17.8. The second kappa shape index (κ2) is 5.19. The van der Waals surface area contributed by atoms with E-state index in [9.17, 15) is 0 Å². The number of nitrogen functional groups attached to an aromatic ring is 1. The quantitative estimate of drug-likeness (QED) is 0.593. The highest BCUT2D eigenvalue weighted by Crippen LogP contribution is 2.17. The lowest BCUT2D eigenvalue weighted by Crippen LogP contribution is -2.28. The van der Waals surface area contributed by atoms with Crippen LogP contribution in [-0.2, 0) is 0 Å². The summed E-state index contributed by atoms with van der Waals surface area (Å²) in [5.74, 6) is 0.132. The van der Waals surface area contributed by atoms with Gasteiger partial charge in [0.05, 0.1) is 0 Å². The molecule has 2 rings (SSSR count). The lowest BCUT2D eigenvalue weighted by molar-refractivity contribution is 0.360. The number of likely N-dealkylation sites (N-methyl/N-ethyl adjacent to an activating group) is 1. The van der Waals surface area contributed by atoms with E-state index in [4.69, 9.17) is 11.1 Å². The Morgan fingerprint density at radius 3 is 2.47 bits per heavy atom. The van der Waals surface area contributed by atoms with E-state index >= 15 is 0 Å². The Bertz CT molecular complexity index is 385. The van der Waals surface area contributed by atoms with Crippen molar-refractivity contribution in [2.24, 2.45) is 5.73 Å². The molecule has 0 bridgehead atoms. The van der Waals surface area contributed by atoms with Crippen LogP contribution in [-0.4, -0.2) is 44.0 Å². The molecule has 1 aliphatic heterocycles. The maximum absolute atomic E-state index is 7.37. The molecule has 1 aromatic carbocycles. The Balaban J connectivity index is 2.08. The molecule has 0 aliphatic carbocycles. The van der Waals surface area contributed by atoms with Gasteiger partial charge in [-0.05, 0) is 44.3 Å². The number of anilines is 1. The molecule has 1 fully saturated rings. The number of nitrogens with zero attached hydrogens (tertiary/aromatic N) is 2. The van der Waals surface area contributed by atoms with E-state index in [0.717, 1.165) is 25.2 Å². The third-order valence-electron chi connectivity index (χ3n) is 3.26. The third kappa shape index (κ3) is 2.97. The topological polar surface area (TPSA) is 56.4 Å². The third-order valence-corrected chi connectivity index (χ3v) is 3.26. The van der Waals surface area contributed by atoms with Crippen LogP contribution in [0.3, 0.4) is 0 Å². The number of amidine groups is 1. The maximum Gasteiger partial charge on any atom is 0.122 e. The van der Waals surface area contributed by atoms with Gasteiger partial charge in [-0.1, -0.05) is 0 Å². The van der Waals surface area contributed by atoms with Crippen LogP contribution in [0.2, 0.25) is 0 Å². The van der Waals surface area contributed by atoms with Crippen molar-refractivity contribution in [2.75, 3.05) is 38.1 Å². The van der Waals surface area contributed by atoms with Gasteiger partial charge < -0.3 is 15.5 Å². The van der Waals surface area contributed by atoms with E-state index in [0.29, 0.717) is 0 Å². The molecule has 1 heterocycles. The van der Waals surface area contributed by atoms with Crippen molar-refractivity contribution in [3.63, 3.8) is 0 Å². The molecule has 1 aliphatic rings. The summed E-state index contributed by atoms with van der Waals surface area (Å²) >= 11 is 0. The van der Waals surface area contributed by atoms with Gasteiger partial charge >= 0.3 is 0 Å². The molecule has 0 unspecified atom stereocenters. The minimum atomic E-state index is 0.132. The summed E-state index contributed by atoms with van der Waals surface area (Å²) in [7, 11) is 2.17. The molecule has 0 atom stereocenters. The summed E-state index contributed by atoms with van der Waals surface area (Å²) in [6.45, 7) is 4.44. The summed E-state index contributed by atoms with van der Waals surface area (Å²) in [4.78, 5) is 4.76. The molecule has 0 aromatic heterocycles. The Hall–Kier alpha value is -1.55. The fourth-order valence-corrected chi connectivity index (χ4v) is 2.16. The number of nitrogens with one attached hydrogen (secondary N) is 1. The van der Waals surface area contributed by atoms with E-state index in [2.05, 4.69) is 29.0 Å². The Morgan fingerprint density at radius 1 is 1.12 bits per heavy atom. The largest absolute Gasteiger partial charge is 0.384 e. The van der Waals surface area contributed by atoms with Crippen LogP contribution in [0.5, 0.6) is 0 Å². The standard InChI is InChI=1S/C13H20N4/c1-16-7-2-8-17(10-9-16)12-5-3-11(4-6-12)13(14)15/h3-6H,2,7-10H2,1H3,(H3,14,15). The molecule has 0 saturated carbocycles. The zero-order chi connectivity index (χ0) is 12.3. The van der Waals surface area contributed by atoms with Crippen molar-refractivity contribution in [3.8, 4) is 0 Å². The van der Waals surface area contributed by atoms with Crippen LogP contribution in [0.25, 0.3) is 0 Å². The molecule has 0 amide bonds. The summed E-state index contributed by atoms with van der Waals surface area (Å²) in [5.41, 5.74) is 7.47. The minimum Gasteiger partial charge on any atom is -0.384 e. The van der Waals surface area contributed by atoms with Gasteiger partial charge in [0.2, 0.25) is 0 Å². The van der Waals surface area contributed by atoms with Gasteiger partial charge in [-0.3, -0.25) is 5.41 Å². The molecule has 1 saturated heterocycles. The predicted molar refractivity (Wildman–Crippen MR) is 71.8 cm³/mol. The van der Waals surface area contributed by atoms with Crippen molar-refractivity contribution < 1.29 is 0 Å². The first kappa shape index (κ1) is 11.9. The van der Waals surface area contributed by atoms with Crippen LogP contribution in [0.4, 0.5) is 5.69 Å². The number of hydrogen-bond acceptors (Lipinski definition) is 3. The molecule has 4 heteroatoms. The van der Waals surface area contributed by atoms with Gasteiger partial charge in [-0.15, -0.1) is 0 Å². The van der Waals surface area contributed by atoms with Crippen LogP contribution in [0.15, 0.2) is 24.3 Å². The van der Waals surface area contributed by atoms with Gasteiger partial charge in [-0.25, -0.2) is 0 Å². The van der Waals surface area contributed by atoms with Crippen molar-refractivity contribution in [2.45, 2.75) is 6.42 Å². The Morgan fingerprint density at radius 2 is 1.82 bits per heavy atom. The second-order valence-corrected chi connectivity index (χ2v) is 4.60. The first-order valence-electron chi connectivity index (χ1n) is 6.05. The molecule has 3 N–H and O–H groups in total. The highest BCUT2D eigenvalue weighted by molar-refractivity contribution is 5.95.